The van der Waals surface area contributed by atoms with Crippen LogP contribution in [0.2, 0.25) is 0 Å². The average Bonchev–Trinajstić information content (AvgIpc) is 2.46. The minimum atomic E-state index is -4.19. The lowest BCUT2D eigenvalue weighted by Crippen LogP contribution is -2.41. The van der Waals surface area contributed by atoms with Gasteiger partial charge in [-0.2, -0.15) is 0 Å². The number of nitrogens with two attached hydrogens (primary N) is 1. The van der Waals surface area contributed by atoms with Crippen molar-refractivity contribution in [1.29, 1.82) is 0 Å². The van der Waals surface area contributed by atoms with Crippen LogP contribution < -0.4 is 10.6 Å². The van der Waals surface area contributed by atoms with E-state index in [0.717, 1.165) is 6.07 Å². The maximum Gasteiger partial charge on any atom is 0.496 e. The molecule has 2 heterocycles. The monoisotopic (exact) mass is 302 g/mol. The molecule has 1 saturated heterocycles. The quantitative estimate of drug-likeness (QED) is 0.786. The molecule has 0 spiro atoms. The van der Waals surface area contributed by atoms with Gasteiger partial charge in [-0.05, 0) is 33.8 Å². The molecule has 0 bridgehead atoms. The third-order valence-corrected chi connectivity index (χ3v) is 4.46. The minimum Gasteiger partial charge on any atom is -0.399 e. The van der Waals surface area contributed by atoms with Crippen LogP contribution in [0.3, 0.4) is 0 Å². The average molecular weight is 302 g/mol. The summed E-state index contributed by atoms with van der Waals surface area (Å²) in [5.74, 6) is -1.03. The second-order valence-electron chi connectivity index (χ2n) is 5.69. The van der Waals surface area contributed by atoms with Gasteiger partial charge in [0.05, 0.1) is 11.2 Å². The Morgan fingerprint density at radius 1 is 1.25 bits per heavy atom. The fourth-order valence-electron chi connectivity index (χ4n) is 1.76. The predicted molar refractivity (Wildman–Crippen MR) is 71.3 cm³/mol. The second kappa shape index (κ2) is 4.49. The van der Waals surface area contributed by atoms with Gasteiger partial charge < -0.3 is 9.31 Å². The smallest absolute Gasteiger partial charge is 0.399 e. The van der Waals surface area contributed by atoms with Crippen LogP contribution >= 0.6 is 0 Å². The number of aromatic nitrogens is 1. The van der Waals surface area contributed by atoms with Gasteiger partial charge in [0.1, 0.15) is 0 Å². The molecule has 110 valence electrons. The van der Waals surface area contributed by atoms with Gasteiger partial charge in [0, 0.05) is 11.7 Å². The third-order valence-electron chi connectivity index (χ3n) is 3.62. The second-order valence-corrected chi connectivity index (χ2v) is 7.17. The van der Waals surface area contributed by atoms with Gasteiger partial charge in [0.2, 0.25) is 5.03 Å². The molecule has 9 heteroatoms. The fourth-order valence-corrected chi connectivity index (χ4v) is 2.29. The number of rotatable bonds is 2. The maximum atomic E-state index is 13.8. The Morgan fingerprint density at radius 2 is 1.75 bits per heavy atom. The highest BCUT2D eigenvalue weighted by atomic mass is 32.2. The lowest BCUT2D eigenvalue weighted by atomic mass is 9.80. The van der Waals surface area contributed by atoms with E-state index in [2.05, 4.69) is 4.98 Å². The molecule has 0 aliphatic carbocycles. The summed E-state index contributed by atoms with van der Waals surface area (Å²) in [4.78, 5) is 3.54. The lowest BCUT2D eigenvalue weighted by Gasteiger charge is -2.32. The first kappa shape index (κ1) is 15.4. The number of primary sulfonamides is 1. The van der Waals surface area contributed by atoms with E-state index in [-0.39, 0.29) is 0 Å². The predicted octanol–water partition coefficient (Wildman–Crippen LogP) is 0.167. The molecule has 0 saturated carbocycles. The zero-order valence-electron chi connectivity index (χ0n) is 11.7. The number of hydrogen-bond donors (Lipinski definition) is 1. The van der Waals surface area contributed by atoms with E-state index >= 15 is 0 Å². The lowest BCUT2D eigenvalue weighted by molar-refractivity contribution is 0.00578. The van der Waals surface area contributed by atoms with Crippen molar-refractivity contribution in [3.05, 3.63) is 18.1 Å². The molecule has 1 fully saturated rings. The molecule has 1 aliphatic rings. The molecule has 0 unspecified atom stereocenters. The van der Waals surface area contributed by atoms with Gasteiger partial charge in [-0.1, -0.05) is 0 Å². The van der Waals surface area contributed by atoms with Gasteiger partial charge in [0.25, 0.3) is 10.0 Å². The van der Waals surface area contributed by atoms with Crippen LogP contribution in [0.5, 0.6) is 0 Å². The molecule has 6 nitrogen and oxygen atoms in total. The van der Waals surface area contributed by atoms with Crippen LogP contribution in [0.25, 0.3) is 0 Å². The molecule has 1 aliphatic heterocycles. The van der Waals surface area contributed by atoms with E-state index in [1.54, 1.807) is 0 Å². The summed E-state index contributed by atoms with van der Waals surface area (Å²) in [6.45, 7) is 7.43. The van der Waals surface area contributed by atoms with E-state index in [9.17, 15) is 12.8 Å². The molecular weight excluding hydrogens is 286 g/mol. The van der Waals surface area contributed by atoms with Crippen molar-refractivity contribution in [2.24, 2.45) is 5.14 Å². The zero-order chi connectivity index (χ0) is 15.3. The number of pyridine rings is 1. The van der Waals surface area contributed by atoms with Crippen LogP contribution in [-0.4, -0.2) is 31.7 Å². The molecule has 20 heavy (non-hydrogen) atoms. The molecule has 2 N–H and O–H groups in total. The van der Waals surface area contributed by atoms with E-state index in [4.69, 9.17) is 14.4 Å². The maximum absolute atomic E-state index is 13.8. The first-order valence-electron chi connectivity index (χ1n) is 5.98. The summed E-state index contributed by atoms with van der Waals surface area (Å²) in [6.07, 6.45) is 1.19. The Kier molecular flexibility index (Phi) is 3.45. The van der Waals surface area contributed by atoms with Crippen molar-refractivity contribution in [3.8, 4) is 0 Å². The Morgan fingerprint density at radius 3 is 2.15 bits per heavy atom. The van der Waals surface area contributed by atoms with Crippen molar-refractivity contribution >= 4 is 22.6 Å². The Labute approximate surface area is 117 Å². The first-order valence-corrected chi connectivity index (χ1v) is 7.52. The molecule has 0 aromatic carbocycles. The summed E-state index contributed by atoms with van der Waals surface area (Å²) in [5, 5.41) is 4.06. The molecule has 0 radical (unpaired) electrons. The van der Waals surface area contributed by atoms with E-state index in [0.29, 0.717) is 5.46 Å². The standard InChI is InChI=1S/C11H16BFN2O4S/c1-10(2)11(3,4)19-12(18-10)7-5-8(13)9(15-6-7)20(14,16)17/h5-6H,1-4H3,(H2,14,16,17). The van der Waals surface area contributed by atoms with Gasteiger partial charge in [-0.15, -0.1) is 0 Å². The van der Waals surface area contributed by atoms with Gasteiger partial charge in [-0.25, -0.2) is 22.9 Å². The van der Waals surface area contributed by atoms with Crippen LogP contribution in [0.4, 0.5) is 4.39 Å². The minimum absolute atomic E-state index is 0.300. The third kappa shape index (κ3) is 2.58. The fraction of sp³-hybridized carbons (Fsp3) is 0.545. The number of hydrogen-bond acceptors (Lipinski definition) is 5. The molecular formula is C11H16BFN2O4S. The van der Waals surface area contributed by atoms with E-state index in [1.165, 1.54) is 6.20 Å². The van der Waals surface area contributed by atoms with Gasteiger partial charge in [-0.3, -0.25) is 0 Å². The SMILES string of the molecule is CC1(C)OB(c2cnc(S(N)(=O)=O)c(F)c2)OC1(C)C. The zero-order valence-corrected chi connectivity index (χ0v) is 12.5. The van der Waals surface area contributed by atoms with E-state index < -0.39 is 39.2 Å². The van der Waals surface area contributed by atoms with Crippen molar-refractivity contribution < 1.29 is 22.1 Å². The van der Waals surface area contributed by atoms with Crippen LogP contribution in [0, 0.1) is 5.82 Å². The highest BCUT2D eigenvalue weighted by molar-refractivity contribution is 7.89. The largest absolute Gasteiger partial charge is 0.496 e. The topological polar surface area (TPSA) is 91.5 Å². The van der Waals surface area contributed by atoms with Crippen molar-refractivity contribution in [3.63, 3.8) is 0 Å². The van der Waals surface area contributed by atoms with Gasteiger partial charge >= 0.3 is 7.12 Å². The Bertz CT molecular complexity index is 632. The summed E-state index contributed by atoms with van der Waals surface area (Å²) in [6, 6.07) is 1.01. The highest BCUT2D eigenvalue weighted by Gasteiger charge is 2.52. The Hall–Kier alpha value is -1.03. The van der Waals surface area contributed by atoms with Crippen molar-refractivity contribution in [2.75, 3.05) is 0 Å². The number of halogens is 1. The van der Waals surface area contributed by atoms with Crippen molar-refractivity contribution in [2.45, 2.75) is 43.9 Å². The first-order chi connectivity index (χ1) is 8.94. The molecule has 1 aromatic heterocycles. The van der Waals surface area contributed by atoms with E-state index in [1.807, 2.05) is 27.7 Å². The molecule has 1 aromatic rings. The summed E-state index contributed by atoms with van der Waals surface area (Å²) >= 11 is 0. The normalized spacial score (nSPS) is 21.2. The van der Waals surface area contributed by atoms with Crippen LogP contribution in [0.15, 0.2) is 17.3 Å². The van der Waals surface area contributed by atoms with Crippen LogP contribution in [0.1, 0.15) is 27.7 Å². The summed E-state index contributed by atoms with van der Waals surface area (Å²) in [7, 11) is -5.00. The Balaban J connectivity index is 2.36. The highest BCUT2D eigenvalue weighted by Crippen LogP contribution is 2.36. The number of nitrogens with zero attached hydrogens (tertiary/aromatic N) is 1. The molecule has 0 amide bonds. The van der Waals surface area contributed by atoms with Crippen LogP contribution in [-0.2, 0) is 19.3 Å². The molecule has 0 atom stereocenters. The number of sulfonamides is 1. The summed E-state index contributed by atoms with van der Waals surface area (Å²) < 4.78 is 47.4. The molecule has 2 rings (SSSR count). The van der Waals surface area contributed by atoms with Gasteiger partial charge in [0.15, 0.2) is 5.82 Å². The summed E-state index contributed by atoms with van der Waals surface area (Å²) in [5.41, 5.74) is -0.854. The van der Waals surface area contributed by atoms with Crippen molar-refractivity contribution in [1.82, 2.24) is 4.98 Å².